The molecular weight excluding hydrogens is 449 g/mol. The summed E-state index contributed by atoms with van der Waals surface area (Å²) < 4.78 is 40.5. The molecule has 0 fully saturated rings. The number of H-pyrrole nitrogens is 1. The topological polar surface area (TPSA) is 117 Å². The molecule has 0 atom stereocenters. The largest absolute Gasteiger partial charge is 0.416 e. The number of aromatic amines is 1. The highest BCUT2D eigenvalue weighted by atomic mass is 19.4. The molecule has 0 radical (unpaired) electrons. The van der Waals surface area contributed by atoms with Crippen LogP contribution in [0.4, 0.5) is 24.7 Å². The fourth-order valence-corrected chi connectivity index (χ4v) is 3.51. The zero-order chi connectivity index (χ0) is 24.3. The molecule has 0 spiro atoms. The molecule has 34 heavy (non-hydrogen) atoms. The Morgan fingerprint density at radius 3 is 2.44 bits per heavy atom. The van der Waals surface area contributed by atoms with E-state index in [4.69, 9.17) is 5.73 Å². The zero-order valence-electron chi connectivity index (χ0n) is 17.6. The highest BCUT2D eigenvalue weighted by molar-refractivity contribution is 6.40. The second kappa shape index (κ2) is 9.22. The Kier molecular flexibility index (Phi) is 6.17. The van der Waals surface area contributed by atoms with E-state index in [9.17, 15) is 22.8 Å². The van der Waals surface area contributed by atoms with Crippen molar-refractivity contribution in [2.45, 2.75) is 19.3 Å². The van der Waals surface area contributed by atoms with E-state index in [2.05, 4.69) is 20.5 Å². The first-order valence-electron chi connectivity index (χ1n) is 10.1. The van der Waals surface area contributed by atoms with Crippen LogP contribution in [0.1, 0.15) is 16.7 Å². The van der Waals surface area contributed by atoms with Crippen LogP contribution in [0.2, 0.25) is 0 Å². The van der Waals surface area contributed by atoms with E-state index in [-0.39, 0.29) is 23.6 Å². The summed E-state index contributed by atoms with van der Waals surface area (Å²) in [6.45, 7) is -0.491. The number of halogens is 3. The number of pyridine rings is 1. The lowest BCUT2D eigenvalue weighted by atomic mass is 10.1. The lowest BCUT2D eigenvalue weighted by molar-refractivity contribution is -0.145. The summed E-state index contributed by atoms with van der Waals surface area (Å²) in [5, 5.41) is 9.43. The Morgan fingerprint density at radius 1 is 1.00 bits per heavy atom. The van der Waals surface area contributed by atoms with Crippen molar-refractivity contribution in [1.82, 2.24) is 20.1 Å². The number of aromatic nitrogens is 3. The van der Waals surface area contributed by atoms with Crippen molar-refractivity contribution in [2.75, 3.05) is 11.1 Å². The van der Waals surface area contributed by atoms with Gasteiger partial charge in [-0.25, -0.2) is 4.98 Å². The van der Waals surface area contributed by atoms with Gasteiger partial charge in [0.2, 0.25) is 0 Å². The number of hydrogen-bond donors (Lipinski definition) is 3. The van der Waals surface area contributed by atoms with Gasteiger partial charge >= 0.3 is 18.0 Å². The second-order valence-corrected chi connectivity index (χ2v) is 7.47. The fourth-order valence-electron chi connectivity index (χ4n) is 3.51. The predicted molar refractivity (Wildman–Crippen MR) is 119 cm³/mol. The van der Waals surface area contributed by atoms with Gasteiger partial charge in [-0.3, -0.25) is 14.7 Å². The van der Waals surface area contributed by atoms with Gasteiger partial charge < -0.3 is 16.0 Å². The Bertz CT molecular complexity index is 1340. The van der Waals surface area contributed by atoms with Gasteiger partial charge in [0.05, 0.1) is 34.5 Å². The summed E-state index contributed by atoms with van der Waals surface area (Å²) in [5.74, 6) is -1.87. The molecule has 0 unspecified atom stereocenters. The van der Waals surface area contributed by atoms with E-state index in [0.29, 0.717) is 16.5 Å². The minimum absolute atomic E-state index is 0.0707. The van der Waals surface area contributed by atoms with Gasteiger partial charge in [0.1, 0.15) is 5.82 Å². The third-order valence-electron chi connectivity index (χ3n) is 5.15. The minimum atomic E-state index is -4.61. The lowest BCUT2D eigenvalue weighted by Gasteiger charge is -2.24. The average Bonchev–Trinajstić information content (AvgIpc) is 3.31. The number of carbonyl (C=O) groups excluding carboxylic acids is 2. The predicted octanol–water partition coefficient (Wildman–Crippen LogP) is 3.73. The number of benzene rings is 2. The van der Waals surface area contributed by atoms with Crippen LogP contribution in [-0.4, -0.2) is 31.9 Å². The molecule has 0 saturated carbocycles. The number of amides is 2. The van der Waals surface area contributed by atoms with Crippen molar-refractivity contribution in [2.24, 2.45) is 0 Å². The average molecular weight is 468 g/mol. The zero-order valence-corrected chi connectivity index (χ0v) is 17.6. The van der Waals surface area contributed by atoms with Crippen LogP contribution < -0.4 is 11.1 Å². The Morgan fingerprint density at radius 2 is 1.71 bits per heavy atom. The van der Waals surface area contributed by atoms with Gasteiger partial charge in [0, 0.05) is 13.1 Å². The number of hydrogen-bond acceptors (Lipinski definition) is 5. The molecule has 8 nitrogen and oxygen atoms in total. The number of nitrogens with two attached hydrogens (primary N) is 1. The number of rotatable bonds is 5. The molecule has 0 aliphatic rings. The third kappa shape index (κ3) is 4.82. The van der Waals surface area contributed by atoms with E-state index < -0.39 is 30.1 Å². The minimum Gasteiger partial charge on any atom is -0.383 e. The molecular formula is C23H19F3N6O2. The first-order chi connectivity index (χ1) is 16.2. The van der Waals surface area contributed by atoms with Crippen molar-refractivity contribution in [3.05, 3.63) is 83.7 Å². The smallest absolute Gasteiger partial charge is 0.383 e. The SMILES string of the molecule is Nc1ncc(NC(=O)C(=O)N(Cc2ccccc2)Cc2ccccc2C(F)(F)F)c2[nH]ncc12. The Hall–Kier alpha value is -4.41. The molecule has 4 aromatic rings. The quantitative estimate of drug-likeness (QED) is 0.386. The van der Waals surface area contributed by atoms with Crippen LogP contribution in [0.25, 0.3) is 10.9 Å². The van der Waals surface area contributed by atoms with E-state index in [1.807, 2.05) is 0 Å². The molecule has 2 amide bonds. The fraction of sp³-hybridized carbons (Fsp3) is 0.130. The standard InChI is InChI=1S/C23H19F3N6O2/c24-23(25,26)17-9-5-4-8-15(17)13-32(12-14-6-2-1-3-7-14)22(34)21(33)30-18-11-28-20(27)16-10-29-31-19(16)18/h1-11H,12-13H2,(H2,27,28)(H,29,31)(H,30,33). The van der Waals surface area contributed by atoms with E-state index >= 15 is 0 Å². The summed E-state index contributed by atoms with van der Waals surface area (Å²) in [7, 11) is 0. The second-order valence-electron chi connectivity index (χ2n) is 7.47. The molecule has 4 rings (SSSR count). The van der Waals surface area contributed by atoms with E-state index in [1.54, 1.807) is 30.3 Å². The number of anilines is 2. The molecule has 2 heterocycles. The van der Waals surface area contributed by atoms with Crippen LogP contribution in [-0.2, 0) is 28.9 Å². The highest BCUT2D eigenvalue weighted by Crippen LogP contribution is 2.32. The highest BCUT2D eigenvalue weighted by Gasteiger charge is 2.34. The van der Waals surface area contributed by atoms with Gasteiger partial charge in [0.15, 0.2) is 0 Å². The van der Waals surface area contributed by atoms with E-state index in [1.165, 1.54) is 30.6 Å². The van der Waals surface area contributed by atoms with Crippen LogP contribution in [0, 0.1) is 0 Å². The molecule has 0 saturated heterocycles. The van der Waals surface area contributed by atoms with Crippen LogP contribution in [0.3, 0.4) is 0 Å². The van der Waals surface area contributed by atoms with Crippen molar-refractivity contribution >= 4 is 34.2 Å². The summed E-state index contributed by atoms with van der Waals surface area (Å²) in [4.78, 5) is 31.0. The number of nitrogen functional groups attached to an aromatic ring is 1. The van der Waals surface area contributed by atoms with E-state index in [0.717, 1.165) is 11.0 Å². The van der Waals surface area contributed by atoms with Gasteiger partial charge in [0.25, 0.3) is 0 Å². The van der Waals surface area contributed by atoms with Crippen molar-refractivity contribution in [3.63, 3.8) is 0 Å². The van der Waals surface area contributed by atoms with Crippen molar-refractivity contribution < 1.29 is 22.8 Å². The van der Waals surface area contributed by atoms with Gasteiger partial charge in [-0.2, -0.15) is 18.3 Å². The summed E-state index contributed by atoms with van der Waals surface area (Å²) in [5.41, 5.74) is 5.96. The number of alkyl halides is 3. The van der Waals surface area contributed by atoms with Gasteiger partial charge in [-0.05, 0) is 17.2 Å². The molecule has 0 aliphatic carbocycles. The summed E-state index contributed by atoms with van der Waals surface area (Å²) >= 11 is 0. The number of fused-ring (bicyclic) bond motifs is 1. The van der Waals surface area contributed by atoms with Gasteiger partial charge in [-0.1, -0.05) is 48.5 Å². The first kappa shape index (κ1) is 22.8. The number of nitrogens with one attached hydrogen (secondary N) is 2. The molecule has 11 heteroatoms. The van der Waals surface area contributed by atoms with Crippen molar-refractivity contribution in [1.29, 1.82) is 0 Å². The summed E-state index contributed by atoms with van der Waals surface area (Å²) in [6.07, 6.45) is -1.92. The third-order valence-corrected chi connectivity index (χ3v) is 5.15. The van der Waals surface area contributed by atoms with Crippen LogP contribution >= 0.6 is 0 Å². The molecule has 2 aromatic carbocycles. The molecule has 174 valence electrons. The van der Waals surface area contributed by atoms with Crippen LogP contribution in [0.15, 0.2) is 67.0 Å². The first-order valence-corrected chi connectivity index (χ1v) is 10.1. The number of carbonyl (C=O) groups is 2. The van der Waals surface area contributed by atoms with Crippen molar-refractivity contribution in [3.8, 4) is 0 Å². The van der Waals surface area contributed by atoms with Gasteiger partial charge in [-0.15, -0.1) is 0 Å². The summed E-state index contributed by atoms with van der Waals surface area (Å²) in [6, 6.07) is 13.6. The van der Waals surface area contributed by atoms with Crippen LogP contribution in [0.5, 0.6) is 0 Å². The maximum absolute atomic E-state index is 13.5. The monoisotopic (exact) mass is 468 g/mol. The molecule has 2 aromatic heterocycles. The Balaban J connectivity index is 1.63. The maximum Gasteiger partial charge on any atom is 0.416 e. The molecule has 4 N–H and O–H groups in total. The number of nitrogens with zero attached hydrogens (tertiary/aromatic N) is 3. The normalized spacial score (nSPS) is 11.4. The molecule has 0 bridgehead atoms. The lowest BCUT2D eigenvalue weighted by Crippen LogP contribution is -2.39. The molecule has 0 aliphatic heterocycles. The Labute approximate surface area is 191 Å². The maximum atomic E-state index is 13.5.